The van der Waals surface area contributed by atoms with E-state index in [-0.39, 0.29) is 28.3 Å². The summed E-state index contributed by atoms with van der Waals surface area (Å²) in [5, 5.41) is 22.1. The van der Waals surface area contributed by atoms with Crippen LogP contribution in [0.4, 0.5) is 27.5 Å². The number of benzene rings is 2. The van der Waals surface area contributed by atoms with Gasteiger partial charge in [-0.05, 0) is 62.2 Å². The van der Waals surface area contributed by atoms with Crippen LogP contribution in [0.25, 0.3) is 0 Å². The summed E-state index contributed by atoms with van der Waals surface area (Å²) in [7, 11) is 0. The van der Waals surface area contributed by atoms with Crippen molar-refractivity contribution in [2.45, 2.75) is 52.0 Å². The van der Waals surface area contributed by atoms with Gasteiger partial charge in [0.15, 0.2) is 0 Å². The van der Waals surface area contributed by atoms with Crippen molar-refractivity contribution >= 4 is 29.0 Å². The van der Waals surface area contributed by atoms with E-state index < -0.39 is 11.2 Å². The zero-order valence-corrected chi connectivity index (χ0v) is 21.8. The van der Waals surface area contributed by atoms with E-state index in [1.165, 1.54) is 23.4 Å². The predicted molar refractivity (Wildman–Crippen MR) is 143 cm³/mol. The van der Waals surface area contributed by atoms with Crippen molar-refractivity contribution in [3.63, 3.8) is 0 Å². The Kier molecular flexibility index (Phi) is 7.14. The normalized spacial score (nSPS) is 14.3. The minimum atomic E-state index is -1.03. The number of carbonyl (C=O) groups excluding carboxylic acids is 1. The number of rotatable bonds is 7. The first-order chi connectivity index (χ1) is 17.5. The summed E-state index contributed by atoms with van der Waals surface area (Å²) in [6.45, 7) is 11.7. The first-order valence-electron chi connectivity index (χ1n) is 12.3. The van der Waals surface area contributed by atoms with Crippen LogP contribution in [0, 0.1) is 17.1 Å². The molecule has 192 valence electrons. The summed E-state index contributed by atoms with van der Waals surface area (Å²) in [5.41, 5.74) is 3.34. The van der Waals surface area contributed by atoms with Gasteiger partial charge < -0.3 is 21.3 Å². The highest BCUT2D eigenvalue weighted by atomic mass is 19.1. The standard InChI is InChI=1S/C28H32FN7O/c1-6-32-25(37)20-14-33-26(35-18-7-9-21-17(11-18)13-31-16-28(21,4)5)36-24(20)34-19-8-10-23(29)22(12-19)27(2,3)15-30/h7-12,14,31H,6,13,16H2,1-5H3,(H,32,37)(H2,33,34,35,36). The fraction of sp³-hybridized carbons (Fsp3) is 0.357. The highest BCUT2D eigenvalue weighted by Crippen LogP contribution is 2.32. The van der Waals surface area contributed by atoms with E-state index in [2.05, 4.69) is 63.3 Å². The van der Waals surface area contributed by atoms with Gasteiger partial charge in [0.2, 0.25) is 5.95 Å². The molecule has 2 heterocycles. The van der Waals surface area contributed by atoms with Crippen LogP contribution in [0.15, 0.2) is 42.6 Å². The Morgan fingerprint density at radius 3 is 2.65 bits per heavy atom. The van der Waals surface area contributed by atoms with Gasteiger partial charge >= 0.3 is 0 Å². The number of carbonyl (C=O) groups is 1. The zero-order chi connectivity index (χ0) is 26.8. The van der Waals surface area contributed by atoms with E-state index in [1.807, 2.05) is 13.0 Å². The molecule has 0 spiro atoms. The molecule has 4 rings (SSSR count). The van der Waals surface area contributed by atoms with Crippen molar-refractivity contribution in [2.75, 3.05) is 23.7 Å². The molecule has 0 fully saturated rings. The fourth-order valence-corrected chi connectivity index (χ4v) is 4.45. The lowest BCUT2D eigenvalue weighted by molar-refractivity contribution is 0.0956. The number of nitrogens with zero attached hydrogens (tertiary/aromatic N) is 3. The largest absolute Gasteiger partial charge is 0.352 e. The molecule has 3 aromatic rings. The summed E-state index contributed by atoms with van der Waals surface area (Å²) in [4.78, 5) is 21.6. The Morgan fingerprint density at radius 1 is 1.19 bits per heavy atom. The van der Waals surface area contributed by atoms with E-state index in [4.69, 9.17) is 0 Å². The van der Waals surface area contributed by atoms with Crippen molar-refractivity contribution in [2.24, 2.45) is 0 Å². The molecule has 1 aliphatic heterocycles. The highest BCUT2D eigenvalue weighted by molar-refractivity contribution is 5.99. The lowest BCUT2D eigenvalue weighted by Crippen LogP contribution is -2.38. The van der Waals surface area contributed by atoms with Crippen molar-refractivity contribution < 1.29 is 9.18 Å². The van der Waals surface area contributed by atoms with Crippen LogP contribution in [-0.4, -0.2) is 29.0 Å². The number of hydrogen-bond acceptors (Lipinski definition) is 7. The van der Waals surface area contributed by atoms with E-state index in [9.17, 15) is 14.4 Å². The lowest BCUT2D eigenvalue weighted by atomic mass is 9.79. The number of fused-ring (bicyclic) bond motifs is 1. The number of anilines is 4. The van der Waals surface area contributed by atoms with Crippen molar-refractivity contribution in [1.29, 1.82) is 5.26 Å². The van der Waals surface area contributed by atoms with Gasteiger partial charge in [0, 0.05) is 48.2 Å². The second kappa shape index (κ2) is 10.1. The molecule has 1 aliphatic rings. The number of hydrogen-bond donors (Lipinski definition) is 4. The molecular formula is C28H32FN7O. The predicted octanol–water partition coefficient (Wildman–Crippen LogP) is 5.03. The Morgan fingerprint density at radius 2 is 1.92 bits per heavy atom. The van der Waals surface area contributed by atoms with Gasteiger partial charge in [-0.2, -0.15) is 10.2 Å². The van der Waals surface area contributed by atoms with E-state index in [0.717, 1.165) is 18.8 Å². The quantitative estimate of drug-likeness (QED) is 0.359. The molecule has 0 unspecified atom stereocenters. The van der Waals surface area contributed by atoms with Crippen LogP contribution in [0.1, 0.15) is 61.7 Å². The minimum absolute atomic E-state index is 0.0438. The molecule has 0 bridgehead atoms. The maximum Gasteiger partial charge on any atom is 0.256 e. The van der Waals surface area contributed by atoms with Crippen LogP contribution in [0.2, 0.25) is 0 Å². The molecule has 0 aliphatic carbocycles. The number of aromatic nitrogens is 2. The van der Waals surface area contributed by atoms with Gasteiger partial charge in [0.25, 0.3) is 5.91 Å². The first-order valence-corrected chi connectivity index (χ1v) is 12.3. The number of nitriles is 1. The first kappa shape index (κ1) is 26.0. The average Bonchev–Trinajstić information content (AvgIpc) is 2.85. The van der Waals surface area contributed by atoms with Gasteiger partial charge in [-0.3, -0.25) is 4.79 Å². The maximum atomic E-state index is 14.5. The summed E-state index contributed by atoms with van der Waals surface area (Å²) in [6.07, 6.45) is 1.45. The third-order valence-electron chi connectivity index (χ3n) is 6.53. The third-order valence-corrected chi connectivity index (χ3v) is 6.53. The molecule has 2 aromatic carbocycles. The van der Waals surface area contributed by atoms with Gasteiger partial charge in [-0.25, -0.2) is 9.37 Å². The monoisotopic (exact) mass is 501 g/mol. The van der Waals surface area contributed by atoms with Gasteiger partial charge in [0.05, 0.1) is 11.5 Å². The SMILES string of the molecule is CCNC(=O)c1cnc(Nc2ccc3c(c2)CNCC3(C)C)nc1Nc1ccc(F)c(C(C)(C)C#N)c1. The van der Waals surface area contributed by atoms with E-state index in [0.29, 0.717) is 18.2 Å². The van der Waals surface area contributed by atoms with Crippen molar-refractivity contribution in [1.82, 2.24) is 20.6 Å². The highest BCUT2D eigenvalue weighted by Gasteiger charge is 2.27. The van der Waals surface area contributed by atoms with Crippen LogP contribution < -0.4 is 21.3 Å². The molecular weight excluding hydrogens is 469 g/mol. The maximum absolute atomic E-state index is 14.5. The molecule has 4 N–H and O–H groups in total. The number of halogens is 1. The van der Waals surface area contributed by atoms with Crippen LogP contribution in [0.3, 0.4) is 0 Å². The lowest BCUT2D eigenvalue weighted by Gasteiger charge is -2.33. The molecule has 9 heteroatoms. The Hall–Kier alpha value is -4.03. The summed E-state index contributed by atoms with van der Waals surface area (Å²) in [6, 6.07) is 12.7. The Balaban J connectivity index is 1.68. The minimum Gasteiger partial charge on any atom is -0.352 e. The molecule has 37 heavy (non-hydrogen) atoms. The topological polar surface area (TPSA) is 115 Å². The van der Waals surface area contributed by atoms with Gasteiger partial charge in [-0.15, -0.1) is 0 Å². The molecule has 8 nitrogen and oxygen atoms in total. The molecule has 0 radical (unpaired) electrons. The van der Waals surface area contributed by atoms with Gasteiger partial charge in [0.1, 0.15) is 17.2 Å². The molecule has 0 atom stereocenters. The second-order valence-electron chi connectivity index (χ2n) is 10.4. The smallest absolute Gasteiger partial charge is 0.256 e. The molecule has 0 saturated carbocycles. The van der Waals surface area contributed by atoms with E-state index >= 15 is 0 Å². The molecule has 1 aromatic heterocycles. The summed E-state index contributed by atoms with van der Waals surface area (Å²) >= 11 is 0. The Bertz CT molecular complexity index is 1380. The van der Waals surface area contributed by atoms with Crippen LogP contribution in [-0.2, 0) is 17.4 Å². The third kappa shape index (κ3) is 5.54. The Labute approximate surface area is 216 Å². The fourth-order valence-electron chi connectivity index (χ4n) is 4.45. The zero-order valence-electron chi connectivity index (χ0n) is 21.8. The summed E-state index contributed by atoms with van der Waals surface area (Å²) in [5.74, 6) is -0.246. The second-order valence-corrected chi connectivity index (χ2v) is 10.4. The van der Waals surface area contributed by atoms with Gasteiger partial charge in [-0.1, -0.05) is 19.9 Å². The number of nitrogens with one attached hydrogen (secondary N) is 4. The summed E-state index contributed by atoms with van der Waals surface area (Å²) < 4.78 is 14.5. The van der Waals surface area contributed by atoms with E-state index in [1.54, 1.807) is 26.0 Å². The van der Waals surface area contributed by atoms with Crippen molar-refractivity contribution in [3.05, 3.63) is 70.7 Å². The average molecular weight is 502 g/mol. The van der Waals surface area contributed by atoms with Crippen LogP contribution in [0.5, 0.6) is 0 Å². The molecule has 0 saturated heterocycles. The van der Waals surface area contributed by atoms with Crippen molar-refractivity contribution in [3.8, 4) is 6.07 Å². The van der Waals surface area contributed by atoms with Crippen LogP contribution >= 0.6 is 0 Å². The number of amides is 1. The molecule has 1 amide bonds.